The van der Waals surface area contributed by atoms with E-state index >= 15 is 0 Å². The first-order chi connectivity index (χ1) is 16.4. The molecule has 0 aliphatic carbocycles. The molecule has 3 aromatic rings. The number of carbonyl (C=O) groups excluding carboxylic acids is 2. The van der Waals surface area contributed by atoms with E-state index in [0.717, 1.165) is 0 Å². The largest absolute Gasteiger partial charge is 0.507 e. The van der Waals surface area contributed by atoms with Crippen molar-refractivity contribution in [3.05, 3.63) is 105 Å². The van der Waals surface area contributed by atoms with Crippen molar-refractivity contribution in [1.29, 1.82) is 0 Å². The Bertz CT molecular complexity index is 1290. The van der Waals surface area contributed by atoms with Crippen LogP contribution in [0.1, 0.15) is 29.7 Å². The fraction of sp³-hybridized carbons (Fsp3) is 0.160. The molecular weight excluding hydrogens is 438 g/mol. The first-order valence-electron chi connectivity index (χ1n) is 10.6. The number of hydrogen-bond donors (Lipinski definition) is 1. The minimum Gasteiger partial charge on any atom is -0.507 e. The number of ketones is 1. The average Bonchev–Trinajstić information content (AvgIpc) is 3.09. The number of nitrogens with zero attached hydrogens (tertiary/aromatic N) is 3. The molecule has 9 heteroatoms. The summed E-state index contributed by atoms with van der Waals surface area (Å²) in [5.41, 5.74) is 0.949. The monoisotopic (exact) mass is 459 g/mol. The van der Waals surface area contributed by atoms with Crippen LogP contribution in [0.25, 0.3) is 5.76 Å². The van der Waals surface area contributed by atoms with Crippen LogP contribution < -0.4 is 4.74 Å². The first-order valence-corrected chi connectivity index (χ1v) is 10.6. The highest BCUT2D eigenvalue weighted by Gasteiger charge is 2.46. The Morgan fingerprint density at radius 1 is 1.15 bits per heavy atom. The van der Waals surface area contributed by atoms with Gasteiger partial charge in [0.1, 0.15) is 11.5 Å². The Kier molecular flexibility index (Phi) is 6.35. The summed E-state index contributed by atoms with van der Waals surface area (Å²) in [4.78, 5) is 42.4. The number of non-ortho nitro benzene ring substituents is 1. The molecule has 34 heavy (non-hydrogen) atoms. The first kappa shape index (κ1) is 22.7. The van der Waals surface area contributed by atoms with Crippen molar-refractivity contribution < 1.29 is 24.4 Å². The molecule has 0 spiro atoms. The molecule has 2 heterocycles. The van der Waals surface area contributed by atoms with Crippen molar-refractivity contribution in [3.63, 3.8) is 0 Å². The highest BCUT2D eigenvalue weighted by atomic mass is 16.6. The fourth-order valence-corrected chi connectivity index (χ4v) is 3.94. The van der Waals surface area contributed by atoms with Crippen molar-refractivity contribution in [2.24, 2.45) is 0 Å². The number of nitro groups is 1. The molecule has 172 valence electrons. The van der Waals surface area contributed by atoms with Crippen LogP contribution in [0, 0.1) is 10.1 Å². The normalized spacial score (nSPS) is 17.1. The number of likely N-dealkylation sites (tertiary alicyclic amines) is 1. The van der Waals surface area contributed by atoms with Crippen LogP contribution in [0.2, 0.25) is 0 Å². The summed E-state index contributed by atoms with van der Waals surface area (Å²) in [6.45, 7) is 2.26. The number of benzene rings is 2. The Hall–Kier alpha value is -4.53. The standard InChI is InChI=1S/C25H21N3O6/c1-2-34-20-10-4-8-18(13-20)23(29)21-22(17-7-3-9-19(12-17)28(32)33)27(25(31)24(21)30)15-16-6-5-11-26-14-16/h3-14,22,29H,2,15H2,1H3. The molecule has 1 fully saturated rings. The zero-order valence-corrected chi connectivity index (χ0v) is 18.2. The molecular formula is C25H21N3O6. The minimum atomic E-state index is -1.03. The third kappa shape index (κ3) is 4.36. The van der Waals surface area contributed by atoms with Gasteiger partial charge in [0, 0.05) is 36.6 Å². The van der Waals surface area contributed by atoms with E-state index in [1.54, 1.807) is 54.9 Å². The lowest BCUT2D eigenvalue weighted by molar-refractivity contribution is -0.384. The quantitative estimate of drug-likeness (QED) is 0.186. The number of Topliss-reactive ketones (excluding diaryl/α,β-unsaturated/α-hetero) is 1. The summed E-state index contributed by atoms with van der Waals surface area (Å²) in [5.74, 6) is -1.59. The van der Waals surface area contributed by atoms with E-state index in [1.165, 1.54) is 23.1 Å². The highest BCUT2D eigenvalue weighted by molar-refractivity contribution is 6.46. The van der Waals surface area contributed by atoms with Crippen molar-refractivity contribution in [2.45, 2.75) is 19.5 Å². The number of aliphatic hydroxyl groups is 1. The van der Waals surface area contributed by atoms with Crippen LogP contribution in [0.4, 0.5) is 5.69 Å². The summed E-state index contributed by atoms with van der Waals surface area (Å²) >= 11 is 0. The van der Waals surface area contributed by atoms with Gasteiger partial charge in [-0.25, -0.2) is 0 Å². The lowest BCUT2D eigenvalue weighted by atomic mass is 9.95. The van der Waals surface area contributed by atoms with E-state index in [1.807, 2.05) is 6.92 Å². The van der Waals surface area contributed by atoms with Crippen molar-refractivity contribution in [2.75, 3.05) is 6.61 Å². The minimum absolute atomic E-state index is 0.0293. The topological polar surface area (TPSA) is 123 Å². The van der Waals surface area contributed by atoms with E-state index in [9.17, 15) is 24.8 Å². The summed E-state index contributed by atoms with van der Waals surface area (Å²) < 4.78 is 5.48. The van der Waals surface area contributed by atoms with E-state index in [-0.39, 0.29) is 23.6 Å². The summed E-state index contributed by atoms with van der Waals surface area (Å²) in [5, 5.41) is 22.6. The fourth-order valence-electron chi connectivity index (χ4n) is 3.94. The van der Waals surface area contributed by atoms with Gasteiger partial charge >= 0.3 is 0 Å². The molecule has 4 rings (SSSR count). The zero-order valence-electron chi connectivity index (χ0n) is 18.2. The lowest BCUT2D eigenvalue weighted by Crippen LogP contribution is -2.29. The number of ether oxygens (including phenoxy) is 1. The van der Waals surface area contributed by atoms with Gasteiger partial charge in [-0.2, -0.15) is 0 Å². The number of nitro benzene ring substituents is 1. The number of carbonyl (C=O) groups is 2. The summed E-state index contributed by atoms with van der Waals surface area (Å²) in [7, 11) is 0. The van der Waals surface area contributed by atoms with E-state index in [0.29, 0.717) is 29.0 Å². The Balaban J connectivity index is 1.88. The Labute approximate surface area is 195 Å². The molecule has 2 aromatic carbocycles. The summed E-state index contributed by atoms with van der Waals surface area (Å²) in [6.07, 6.45) is 3.15. The molecule has 0 bridgehead atoms. The summed E-state index contributed by atoms with van der Waals surface area (Å²) in [6, 6.07) is 14.6. The molecule has 9 nitrogen and oxygen atoms in total. The molecule has 1 saturated heterocycles. The molecule has 1 unspecified atom stereocenters. The van der Waals surface area contributed by atoms with Crippen LogP contribution >= 0.6 is 0 Å². The second-order valence-corrected chi connectivity index (χ2v) is 7.60. The second kappa shape index (κ2) is 9.53. The average molecular weight is 459 g/mol. The van der Waals surface area contributed by atoms with Crippen molar-refractivity contribution >= 4 is 23.1 Å². The van der Waals surface area contributed by atoms with Crippen LogP contribution in [-0.2, 0) is 16.1 Å². The molecule has 1 aliphatic heterocycles. The van der Waals surface area contributed by atoms with Crippen molar-refractivity contribution in [3.8, 4) is 5.75 Å². The van der Waals surface area contributed by atoms with Gasteiger partial charge in [-0.3, -0.25) is 24.7 Å². The molecule has 1 aliphatic rings. The molecule has 0 saturated carbocycles. The van der Waals surface area contributed by atoms with Crippen LogP contribution in [0.5, 0.6) is 5.75 Å². The van der Waals surface area contributed by atoms with Crippen molar-refractivity contribution in [1.82, 2.24) is 9.88 Å². The third-order valence-corrected chi connectivity index (χ3v) is 5.43. The van der Waals surface area contributed by atoms with E-state index in [4.69, 9.17) is 4.74 Å². The van der Waals surface area contributed by atoms with E-state index in [2.05, 4.69) is 4.98 Å². The lowest BCUT2D eigenvalue weighted by Gasteiger charge is -2.25. The van der Waals surface area contributed by atoms with Gasteiger partial charge in [0.05, 0.1) is 23.1 Å². The Morgan fingerprint density at radius 3 is 2.65 bits per heavy atom. The van der Waals surface area contributed by atoms with Gasteiger partial charge in [-0.15, -0.1) is 0 Å². The zero-order chi connectivity index (χ0) is 24.2. The number of pyridine rings is 1. The van der Waals surface area contributed by atoms with Crippen LogP contribution in [0.15, 0.2) is 78.6 Å². The number of amides is 1. The van der Waals surface area contributed by atoms with Gasteiger partial charge < -0.3 is 14.7 Å². The number of rotatable bonds is 7. The molecule has 1 aromatic heterocycles. The van der Waals surface area contributed by atoms with E-state index < -0.39 is 22.7 Å². The predicted molar refractivity (Wildman–Crippen MR) is 123 cm³/mol. The van der Waals surface area contributed by atoms with Gasteiger partial charge in [0.15, 0.2) is 0 Å². The van der Waals surface area contributed by atoms with Crippen LogP contribution in [0.3, 0.4) is 0 Å². The smallest absolute Gasteiger partial charge is 0.295 e. The molecule has 1 amide bonds. The highest BCUT2D eigenvalue weighted by Crippen LogP contribution is 2.41. The number of hydrogen-bond acceptors (Lipinski definition) is 7. The maximum absolute atomic E-state index is 13.1. The molecule has 0 radical (unpaired) electrons. The van der Waals surface area contributed by atoms with Gasteiger partial charge in [-0.1, -0.05) is 30.3 Å². The SMILES string of the molecule is CCOc1cccc(C(O)=C2C(=O)C(=O)N(Cc3cccnc3)C2c2cccc([N+](=O)[O-])c2)c1. The van der Waals surface area contributed by atoms with Gasteiger partial charge in [0.25, 0.3) is 17.4 Å². The number of aromatic nitrogens is 1. The second-order valence-electron chi connectivity index (χ2n) is 7.60. The Morgan fingerprint density at radius 2 is 1.94 bits per heavy atom. The maximum Gasteiger partial charge on any atom is 0.295 e. The predicted octanol–water partition coefficient (Wildman–Crippen LogP) is 4.01. The third-order valence-electron chi connectivity index (χ3n) is 5.43. The molecule has 1 N–H and O–H groups in total. The molecule has 1 atom stereocenters. The maximum atomic E-state index is 13.1. The van der Waals surface area contributed by atoms with Gasteiger partial charge in [-0.05, 0) is 36.2 Å². The van der Waals surface area contributed by atoms with Gasteiger partial charge in [0.2, 0.25) is 0 Å². The van der Waals surface area contributed by atoms with Crippen LogP contribution in [-0.4, -0.2) is 38.2 Å². The number of aliphatic hydroxyl groups excluding tert-OH is 1.